The van der Waals surface area contributed by atoms with Crippen LogP contribution in [0, 0.1) is 32.0 Å². The van der Waals surface area contributed by atoms with Crippen molar-refractivity contribution < 1.29 is 70.9 Å². The number of hydrogen-bond acceptors (Lipinski definition) is 7. The normalized spacial score (nSPS) is 2.07. The van der Waals surface area contributed by atoms with Crippen LogP contribution >= 0.6 is 12.2 Å². The van der Waals surface area contributed by atoms with E-state index < -0.39 is 0 Å². The average molecular weight is 337 g/mol. The molecule has 4 nitrogen and oxygen atoms in total. The molecule has 0 atom stereocenters. The third-order valence-corrected chi connectivity index (χ3v) is 0. The summed E-state index contributed by atoms with van der Waals surface area (Å²) in [6, 6.07) is 0. The van der Waals surface area contributed by atoms with Crippen molar-refractivity contribution >= 4 is 55.3 Å². The van der Waals surface area contributed by atoms with Crippen LogP contribution in [0.1, 0.15) is 0 Å². The Labute approximate surface area is 160 Å². The van der Waals surface area contributed by atoms with Gasteiger partial charge in [0.25, 0.3) is 0 Å². The molecule has 0 radical (unpaired) electrons. The molecule has 66 valence electrons. The van der Waals surface area contributed by atoms with Crippen LogP contribution in [0.15, 0.2) is 0 Å². The number of nitriles is 3. The van der Waals surface area contributed by atoms with Gasteiger partial charge in [-0.3, -0.25) is 0 Å². The molecule has 0 bridgehead atoms. The zero-order valence-electron chi connectivity index (χ0n) is 7.13. The summed E-state index contributed by atoms with van der Waals surface area (Å²) < 4.78 is 0. The maximum absolute atomic E-state index is 7.13. The third kappa shape index (κ3) is 1380. The molecule has 0 aromatic rings. The van der Waals surface area contributed by atoms with E-state index in [0.717, 1.165) is 0 Å². The molecule has 0 unspecified atom stereocenters. The Bertz CT molecular complexity index is 182. The number of thiocyanates is 3. The molecule has 10 heteroatoms. The Hall–Kier alpha value is 1.19. The minimum Gasteiger partial charge on any atom is -0.753 e. The number of isothiocyanates is 1. The van der Waals surface area contributed by atoms with Gasteiger partial charge in [0, 0.05) is 19.5 Å². The summed E-state index contributed by atoms with van der Waals surface area (Å²) in [5.74, 6) is 0. The van der Waals surface area contributed by atoms with Crippen LogP contribution in [-0.2, 0) is 57.4 Å². The second kappa shape index (κ2) is 91.7. The van der Waals surface area contributed by atoms with Crippen molar-refractivity contribution in [3.8, 4) is 16.2 Å². The summed E-state index contributed by atoms with van der Waals surface area (Å²) in [6.45, 7) is 0. The molecule has 0 saturated carbocycles. The Morgan fingerprint density at radius 3 is 0.929 bits per heavy atom. The predicted molar refractivity (Wildman–Crippen MR) is 54.9 cm³/mol. The van der Waals surface area contributed by atoms with Crippen LogP contribution < -0.4 is 51.4 Å². The van der Waals surface area contributed by atoms with E-state index in [1.54, 1.807) is 0 Å². The standard InChI is InChI=1S/3CHNS.CNS.K.Zn/c4*2-1-3;;/h3*3H;;;/q;;;-1;+1;/p-3. The van der Waals surface area contributed by atoms with Crippen molar-refractivity contribution in [3.63, 3.8) is 0 Å². The van der Waals surface area contributed by atoms with E-state index in [1.165, 1.54) is 21.4 Å². The third-order valence-electron chi connectivity index (χ3n) is 0. The second-order valence-electron chi connectivity index (χ2n) is 0.365. The molecule has 0 aromatic heterocycles. The molecule has 0 aliphatic carbocycles. The monoisotopic (exact) mass is 335 g/mol. The average Bonchev–Trinajstić information content (AvgIpc) is 1.92. The van der Waals surface area contributed by atoms with Gasteiger partial charge in [-0.1, -0.05) is 28.4 Å². The van der Waals surface area contributed by atoms with E-state index in [9.17, 15) is 0 Å². The zero-order chi connectivity index (χ0) is 10.8. The van der Waals surface area contributed by atoms with Crippen LogP contribution in [0.4, 0.5) is 0 Å². The van der Waals surface area contributed by atoms with Crippen LogP contribution in [0.25, 0.3) is 5.41 Å². The fourth-order valence-electron chi connectivity index (χ4n) is 0. The molecule has 0 N–H and O–H groups in total. The summed E-state index contributed by atoms with van der Waals surface area (Å²) >= 11 is 14.8. The van der Waals surface area contributed by atoms with Gasteiger partial charge in [0.2, 0.25) is 0 Å². The van der Waals surface area contributed by atoms with Gasteiger partial charge in [0.05, 0.1) is 0 Å². The SMILES string of the molecule is N#C[S-].N#C[S-].N#C[S-].[K+].[N-]=C=S.[Zn]. The molecule has 0 aliphatic rings. The van der Waals surface area contributed by atoms with E-state index in [4.69, 9.17) is 21.2 Å². The summed E-state index contributed by atoms with van der Waals surface area (Å²) in [5.41, 5.74) is 0. The smallest absolute Gasteiger partial charge is 0.753 e. The van der Waals surface area contributed by atoms with Crippen molar-refractivity contribution in [1.29, 1.82) is 15.8 Å². The zero-order valence-corrected chi connectivity index (χ0v) is 16.5. The molecule has 0 rings (SSSR count). The van der Waals surface area contributed by atoms with Crippen molar-refractivity contribution in [1.82, 2.24) is 0 Å². The minimum atomic E-state index is 0. The van der Waals surface area contributed by atoms with Crippen LogP contribution in [-0.4, -0.2) is 5.16 Å². The van der Waals surface area contributed by atoms with Gasteiger partial charge < -0.3 is 43.3 Å². The van der Waals surface area contributed by atoms with E-state index in [2.05, 4.69) is 50.1 Å². The van der Waals surface area contributed by atoms with E-state index in [1.807, 2.05) is 0 Å². The fourth-order valence-corrected chi connectivity index (χ4v) is 0. The first-order chi connectivity index (χ1) is 5.66. The maximum Gasteiger partial charge on any atom is 1.00 e. The largest absolute Gasteiger partial charge is 1.00 e. The van der Waals surface area contributed by atoms with Gasteiger partial charge in [0.15, 0.2) is 0 Å². The van der Waals surface area contributed by atoms with Crippen molar-refractivity contribution in [3.05, 3.63) is 5.41 Å². The summed E-state index contributed by atoms with van der Waals surface area (Å²) in [7, 11) is 0. The number of hydrogen-bond donors (Lipinski definition) is 0. The molecule has 0 aromatic carbocycles. The van der Waals surface area contributed by atoms with Crippen LogP contribution in [0.5, 0.6) is 0 Å². The molecule has 0 saturated heterocycles. The number of rotatable bonds is 0. The van der Waals surface area contributed by atoms with E-state index >= 15 is 0 Å². The Balaban J connectivity index is -0.0000000145. The van der Waals surface area contributed by atoms with Gasteiger partial charge in [-0.2, -0.15) is 5.16 Å². The summed E-state index contributed by atoms with van der Waals surface area (Å²) in [4.78, 5) is 0. The summed E-state index contributed by atoms with van der Waals surface area (Å²) in [6.07, 6.45) is 0. The van der Waals surface area contributed by atoms with Gasteiger partial charge in [0.1, 0.15) is 0 Å². The maximum atomic E-state index is 7.13. The Morgan fingerprint density at radius 1 is 0.929 bits per heavy atom. The molecule has 0 spiro atoms. The molecular formula is C4KN4S4Zn-3. The van der Waals surface area contributed by atoms with Crippen molar-refractivity contribution in [2.75, 3.05) is 0 Å². The first kappa shape index (κ1) is 36.2. The van der Waals surface area contributed by atoms with E-state index in [0.29, 0.717) is 0 Å². The molecule has 0 aliphatic heterocycles. The van der Waals surface area contributed by atoms with Crippen LogP contribution in [0.3, 0.4) is 0 Å². The molecule has 14 heavy (non-hydrogen) atoms. The fraction of sp³-hybridized carbons (Fsp3) is 0. The number of nitrogens with zero attached hydrogens (tertiary/aromatic N) is 4. The molecule has 0 fully saturated rings. The minimum absolute atomic E-state index is 0. The van der Waals surface area contributed by atoms with Gasteiger partial charge in [-0.25, -0.2) is 15.8 Å². The second-order valence-corrected chi connectivity index (χ2v) is 1.10. The molecular weight excluding hydrogens is 337 g/mol. The molecule has 0 heterocycles. The number of thiocarbonyl (C=S) groups is 1. The van der Waals surface area contributed by atoms with Crippen molar-refractivity contribution in [2.45, 2.75) is 0 Å². The van der Waals surface area contributed by atoms with Gasteiger partial charge >= 0.3 is 51.4 Å². The predicted octanol–water partition coefficient (Wildman–Crippen LogP) is -2.30. The summed E-state index contributed by atoms with van der Waals surface area (Å²) in [5, 5.41) is 33.9. The first-order valence-electron chi connectivity index (χ1n) is 1.71. The quantitative estimate of drug-likeness (QED) is 0.161. The van der Waals surface area contributed by atoms with E-state index in [-0.39, 0.29) is 70.9 Å². The Morgan fingerprint density at radius 2 is 0.929 bits per heavy atom. The van der Waals surface area contributed by atoms with Crippen LogP contribution in [0.2, 0.25) is 0 Å². The topological polar surface area (TPSA) is 93.7 Å². The molecule has 0 amide bonds. The van der Waals surface area contributed by atoms with Crippen molar-refractivity contribution in [2.24, 2.45) is 0 Å². The van der Waals surface area contributed by atoms with Gasteiger partial charge in [-0.15, -0.1) is 0 Å². The first-order valence-corrected chi connectivity index (χ1v) is 3.34. The Kier molecular flexibility index (Phi) is 237. The van der Waals surface area contributed by atoms with Gasteiger partial charge in [-0.05, 0) is 0 Å².